The Kier molecular flexibility index (Phi) is 7.90. The first-order chi connectivity index (χ1) is 21.1. The summed E-state index contributed by atoms with van der Waals surface area (Å²) < 4.78 is 7.55. The van der Waals surface area contributed by atoms with E-state index < -0.39 is 5.91 Å². The highest BCUT2D eigenvalue weighted by Gasteiger charge is 2.52. The van der Waals surface area contributed by atoms with Crippen LogP contribution in [0, 0.1) is 5.41 Å². The molecule has 2 aliphatic heterocycles. The molecule has 0 atom stereocenters. The molecular weight excluding hydrogens is 599 g/mol. The predicted octanol–water partition coefficient (Wildman–Crippen LogP) is 5.53. The first-order valence-electron chi connectivity index (χ1n) is 14.7. The average Bonchev–Trinajstić information content (AvgIpc) is 3.38. The van der Waals surface area contributed by atoms with Crippen LogP contribution >= 0.6 is 23.2 Å². The Bertz CT molecular complexity index is 1770. The van der Waals surface area contributed by atoms with Crippen LogP contribution in [0.2, 0.25) is 10.0 Å². The van der Waals surface area contributed by atoms with Gasteiger partial charge in [-0.2, -0.15) is 5.10 Å². The lowest BCUT2D eigenvalue weighted by molar-refractivity contribution is -0.0874. The highest BCUT2D eigenvalue weighted by molar-refractivity contribution is 6.34. The number of pyridine rings is 1. The molecule has 1 aliphatic carbocycles. The molecule has 2 amide bonds. The molecular formula is C33H34Cl2N6O3. The first-order valence-corrected chi connectivity index (χ1v) is 15.4. The van der Waals surface area contributed by atoms with Gasteiger partial charge in [0.2, 0.25) is 5.91 Å². The molecule has 2 fully saturated rings. The van der Waals surface area contributed by atoms with Crippen molar-refractivity contribution in [3.05, 3.63) is 81.2 Å². The Morgan fingerprint density at radius 3 is 2.27 bits per heavy atom. The van der Waals surface area contributed by atoms with Gasteiger partial charge in [0.05, 0.1) is 24.1 Å². The fraction of sp³-hybridized carbons (Fsp3) is 0.333. The van der Waals surface area contributed by atoms with Gasteiger partial charge in [0, 0.05) is 76.3 Å². The number of aromatic nitrogens is 3. The smallest absolute Gasteiger partial charge is 0.274 e. The number of aryl methyl sites for hydroxylation is 1. The lowest BCUT2D eigenvalue weighted by Crippen LogP contribution is -2.72. The third kappa shape index (κ3) is 5.12. The fourth-order valence-corrected chi connectivity index (χ4v) is 7.28. The number of nitrogens with two attached hydrogens (primary N) is 1. The lowest BCUT2D eigenvalue weighted by atomic mass is 9.73. The van der Waals surface area contributed by atoms with Crippen molar-refractivity contribution in [2.75, 3.05) is 40.3 Å². The summed E-state index contributed by atoms with van der Waals surface area (Å²) in [5.41, 5.74) is 12.2. The number of likely N-dealkylation sites (tertiary alicyclic amines) is 2. The van der Waals surface area contributed by atoms with Crippen LogP contribution in [0.4, 0.5) is 0 Å². The van der Waals surface area contributed by atoms with Gasteiger partial charge in [0.25, 0.3) is 5.91 Å². The molecule has 2 aromatic carbocycles. The lowest BCUT2D eigenvalue weighted by Gasteiger charge is -2.59. The molecule has 7 rings (SSSR count). The summed E-state index contributed by atoms with van der Waals surface area (Å²) in [6.07, 6.45) is 4.45. The van der Waals surface area contributed by atoms with Crippen LogP contribution < -0.4 is 10.5 Å². The predicted molar refractivity (Wildman–Crippen MR) is 172 cm³/mol. The number of hydrogen-bond acceptors (Lipinski definition) is 6. The number of ether oxygens (including phenoxy) is 1. The Balaban J connectivity index is 0.00000168. The van der Waals surface area contributed by atoms with Gasteiger partial charge in [-0.1, -0.05) is 37.0 Å². The van der Waals surface area contributed by atoms with Gasteiger partial charge in [0.15, 0.2) is 5.69 Å². The quantitative estimate of drug-likeness (QED) is 0.310. The van der Waals surface area contributed by atoms with Crippen molar-refractivity contribution in [3.63, 3.8) is 0 Å². The van der Waals surface area contributed by atoms with Crippen molar-refractivity contribution in [1.82, 2.24) is 24.6 Å². The Labute approximate surface area is 266 Å². The Morgan fingerprint density at radius 2 is 1.64 bits per heavy atom. The summed E-state index contributed by atoms with van der Waals surface area (Å²) in [4.78, 5) is 34.2. The summed E-state index contributed by atoms with van der Waals surface area (Å²) in [6, 6.07) is 11.0. The Morgan fingerprint density at radius 1 is 0.932 bits per heavy atom. The van der Waals surface area contributed by atoms with Gasteiger partial charge in [-0.3, -0.25) is 14.6 Å². The third-order valence-corrected chi connectivity index (χ3v) is 8.92. The zero-order valence-corrected chi connectivity index (χ0v) is 26.7. The number of carbonyl (C=O) groups is 2. The molecule has 3 aliphatic rings. The number of rotatable bonds is 5. The molecule has 1 spiro atoms. The maximum atomic E-state index is 13.9. The van der Waals surface area contributed by atoms with Crippen LogP contribution in [0.15, 0.2) is 48.8 Å². The number of halogens is 2. The van der Waals surface area contributed by atoms with Gasteiger partial charge in [-0.15, -0.1) is 0 Å². The van der Waals surface area contributed by atoms with E-state index in [-0.39, 0.29) is 11.3 Å². The molecule has 44 heavy (non-hydrogen) atoms. The standard InChI is InChI=1S/C31H28Cl2N6O3.C2H6/c1-37-13-31(14-37)15-38(16-31)30(41)27-23-4-3-17-6-26(42-2)24(18-5-19(29(34)40)12-35-11-18)10-25(17)28(23)39(36-27)22-8-20(32)7-21(33)9-22;1-2/h5-12H,3-4,13-16H2,1-2H3,(H2,34,40);1-2H3. The molecule has 4 heterocycles. The van der Waals surface area contributed by atoms with Crippen LogP contribution in [-0.4, -0.2) is 76.7 Å². The van der Waals surface area contributed by atoms with E-state index in [9.17, 15) is 9.59 Å². The molecule has 0 saturated carbocycles. The number of benzene rings is 2. The van der Waals surface area contributed by atoms with Crippen LogP contribution in [0.1, 0.15) is 45.8 Å². The second-order valence-electron chi connectivity index (χ2n) is 11.6. The van der Waals surface area contributed by atoms with E-state index in [0.29, 0.717) is 51.1 Å². The van der Waals surface area contributed by atoms with Gasteiger partial charge in [0.1, 0.15) is 5.75 Å². The summed E-state index contributed by atoms with van der Waals surface area (Å²) in [6.45, 7) is 7.49. The van der Waals surface area contributed by atoms with E-state index in [0.717, 1.165) is 54.1 Å². The van der Waals surface area contributed by atoms with Crippen LogP contribution in [0.5, 0.6) is 5.75 Å². The average molecular weight is 634 g/mol. The number of methoxy groups -OCH3 is 1. The van der Waals surface area contributed by atoms with E-state index >= 15 is 0 Å². The van der Waals surface area contributed by atoms with Crippen molar-refractivity contribution in [1.29, 1.82) is 0 Å². The van der Waals surface area contributed by atoms with Crippen LogP contribution in [0.3, 0.4) is 0 Å². The first kappa shape index (κ1) is 30.1. The van der Waals surface area contributed by atoms with E-state index in [4.69, 9.17) is 38.8 Å². The van der Waals surface area contributed by atoms with Crippen molar-refractivity contribution in [2.45, 2.75) is 26.7 Å². The van der Waals surface area contributed by atoms with Crippen molar-refractivity contribution in [3.8, 4) is 33.8 Å². The van der Waals surface area contributed by atoms with Gasteiger partial charge in [-0.25, -0.2) is 4.68 Å². The summed E-state index contributed by atoms with van der Waals surface area (Å²) in [5.74, 6) is 0.0166. The molecule has 2 saturated heterocycles. The second kappa shape index (κ2) is 11.5. The van der Waals surface area contributed by atoms with E-state index in [1.165, 1.54) is 6.20 Å². The topological polar surface area (TPSA) is 107 Å². The number of hydrogen-bond donors (Lipinski definition) is 1. The van der Waals surface area contributed by atoms with E-state index in [1.807, 2.05) is 30.9 Å². The molecule has 11 heteroatoms. The normalized spacial score (nSPS) is 16.2. The number of carbonyl (C=O) groups excluding carboxylic acids is 2. The van der Waals surface area contributed by atoms with Gasteiger partial charge < -0.3 is 20.3 Å². The van der Waals surface area contributed by atoms with Crippen molar-refractivity contribution >= 4 is 35.0 Å². The maximum Gasteiger partial charge on any atom is 0.274 e. The van der Waals surface area contributed by atoms with Gasteiger partial charge in [-0.05, 0) is 61.9 Å². The zero-order chi connectivity index (χ0) is 31.3. The highest BCUT2D eigenvalue weighted by Crippen LogP contribution is 2.45. The fourth-order valence-electron chi connectivity index (χ4n) is 6.77. The molecule has 9 nitrogen and oxygen atoms in total. The SMILES string of the molecule is CC.COc1cc2c(cc1-c1cncc(C(N)=O)c1)-c1c(c(C(=O)N3CC4(CN(C)C4)C3)nn1-c1cc(Cl)cc(Cl)c1)CC2. The maximum absolute atomic E-state index is 13.9. The molecule has 4 aromatic rings. The van der Waals surface area contributed by atoms with Crippen LogP contribution in [0.25, 0.3) is 28.1 Å². The number of amides is 2. The Hall–Kier alpha value is -3.92. The molecule has 228 valence electrons. The third-order valence-electron chi connectivity index (χ3n) is 8.49. The van der Waals surface area contributed by atoms with E-state index in [1.54, 1.807) is 42.3 Å². The molecule has 2 aromatic heterocycles. The zero-order valence-electron chi connectivity index (χ0n) is 25.2. The minimum Gasteiger partial charge on any atom is -0.496 e. The largest absolute Gasteiger partial charge is 0.496 e. The van der Waals surface area contributed by atoms with Crippen molar-refractivity contribution in [2.24, 2.45) is 11.1 Å². The molecule has 2 N–H and O–H groups in total. The minimum absolute atomic E-state index is 0.0613. The minimum atomic E-state index is -0.566. The second-order valence-corrected chi connectivity index (χ2v) is 12.5. The summed E-state index contributed by atoms with van der Waals surface area (Å²) >= 11 is 12.8. The molecule has 0 unspecified atom stereocenters. The molecule has 0 radical (unpaired) electrons. The summed E-state index contributed by atoms with van der Waals surface area (Å²) in [7, 11) is 3.71. The number of primary amides is 1. The summed E-state index contributed by atoms with van der Waals surface area (Å²) in [5, 5.41) is 5.86. The number of nitrogens with zero attached hydrogens (tertiary/aromatic N) is 5. The molecule has 0 bridgehead atoms. The van der Waals surface area contributed by atoms with Crippen molar-refractivity contribution < 1.29 is 14.3 Å². The highest BCUT2D eigenvalue weighted by atomic mass is 35.5. The van der Waals surface area contributed by atoms with Crippen LogP contribution in [-0.2, 0) is 12.8 Å². The monoisotopic (exact) mass is 632 g/mol. The van der Waals surface area contributed by atoms with E-state index in [2.05, 4.69) is 16.9 Å². The van der Waals surface area contributed by atoms with Gasteiger partial charge >= 0.3 is 0 Å². The number of fused-ring (bicyclic) bond motifs is 3.